The lowest BCUT2D eigenvalue weighted by atomic mass is 9.90. The Bertz CT molecular complexity index is 458. The van der Waals surface area contributed by atoms with Gasteiger partial charge in [0, 0.05) is 6.42 Å². The molecule has 1 N–H and O–H groups in total. The van der Waals surface area contributed by atoms with Gasteiger partial charge in [-0.25, -0.2) is 0 Å². The molecule has 0 saturated heterocycles. The molecule has 0 aliphatic rings. The third-order valence-corrected chi connectivity index (χ3v) is 2.53. The maximum Gasteiger partial charge on any atom is 0.0991 e. The van der Waals surface area contributed by atoms with E-state index in [0.717, 1.165) is 5.56 Å². The summed E-state index contributed by atoms with van der Waals surface area (Å²) in [7, 11) is 0. The first-order chi connectivity index (χ1) is 7.60. The fourth-order valence-corrected chi connectivity index (χ4v) is 1.50. The number of nitriles is 1. The van der Waals surface area contributed by atoms with Crippen molar-refractivity contribution in [3.05, 3.63) is 35.4 Å². The molecule has 16 heavy (non-hydrogen) atoms. The van der Waals surface area contributed by atoms with Gasteiger partial charge >= 0.3 is 0 Å². The molecule has 1 rings (SSSR count). The van der Waals surface area contributed by atoms with E-state index in [1.54, 1.807) is 32.0 Å². The molecule has 0 fully saturated rings. The summed E-state index contributed by atoms with van der Waals surface area (Å²) in [6.45, 7) is 3.53. The summed E-state index contributed by atoms with van der Waals surface area (Å²) in [5.41, 5.74) is 0.417. The number of aliphatic hydroxyl groups is 1. The summed E-state index contributed by atoms with van der Waals surface area (Å²) in [5.74, 6) is 5.73. The zero-order chi connectivity index (χ0) is 12.0. The molecule has 0 heterocycles. The molecule has 1 unspecified atom stereocenters. The predicted molar refractivity (Wildman–Crippen MR) is 63.4 cm³/mol. The molecule has 0 spiro atoms. The molecule has 1 aromatic rings. The van der Waals surface area contributed by atoms with E-state index in [4.69, 9.17) is 5.26 Å². The lowest BCUT2D eigenvalue weighted by Crippen LogP contribution is -2.20. The van der Waals surface area contributed by atoms with Gasteiger partial charge in [0.1, 0.15) is 0 Å². The van der Waals surface area contributed by atoms with Gasteiger partial charge in [-0.05, 0) is 38.0 Å². The van der Waals surface area contributed by atoms with Gasteiger partial charge in [-0.15, -0.1) is 11.8 Å². The Hall–Kier alpha value is -1.77. The van der Waals surface area contributed by atoms with Crippen molar-refractivity contribution in [2.75, 3.05) is 0 Å². The SMILES string of the molecule is CC#CCCC(C)(O)c1cccc(C#N)c1. The Morgan fingerprint density at radius 3 is 2.81 bits per heavy atom. The molecular formula is C14H15NO. The van der Waals surface area contributed by atoms with Crippen LogP contribution in [0, 0.1) is 23.2 Å². The highest BCUT2D eigenvalue weighted by atomic mass is 16.3. The normalized spacial score (nSPS) is 13.1. The van der Waals surface area contributed by atoms with Gasteiger partial charge in [0.25, 0.3) is 0 Å². The van der Waals surface area contributed by atoms with E-state index < -0.39 is 5.60 Å². The topological polar surface area (TPSA) is 44.0 Å². The minimum absolute atomic E-state index is 0.569. The quantitative estimate of drug-likeness (QED) is 0.784. The first-order valence-corrected chi connectivity index (χ1v) is 5.23. The van der Waals surface area contributed by atoms with Gasteiger partial charge in [-0.2, -0.15) is 5.26 Å². The van der Waals surface area contributed by atoms with Crippen LogP contribution in [0.5, 0.6) is 0 Å². The summed E-state index contributed by atoms with van der Waals surface area (Å²) in [5, 5.41) is 19.0. The number of rotatable bonds is 3. The first-order valence-electron chi connectivity index (χ1n) is 5.23. The maximum absolute atomic E-state index is 10.3. The van der Waals surface area contributed by atoms with Crippen molar-refractivity contribution in [3.8, 4) is 17.9 Å². The van der Waals surface area contributed by atoms with Crippen LogP contribution >= 0.6 is 0 Å². The third kappa shape index (κ3) is 3.12. The zero-order valence-electron chi connectivity index (χ0n) is 9.62. The fourth-order valence-electron chi connectivity index (χ4n) is 1.50. The summed E-state index contributed by atoms with van der Waals surface area (Å²) < 4.78 is 0. The van der Waals surface area contributed by atoms with Crippen LogP contribution in [-0.2, 0) is 5.60 Å². The Labute approximate surface area is 96.5 Å². The molecule has 0 saturated carbocycles. The Kier molecular flexibility index (Phi) is 4.11. The molecule has 0 bridgehead atoms. The van der Waals surface area contributed by atoms with Crippen molar-refractivity contribution >= 4 is 0 Å². The minimum atomic E-state index is -0.920. The second-order valence-electron chi connectivity index (χ2n) is 3.89. The average Bonchev–Trinajstić information content (AvgIpc) is 2.29. The van der Waals surface area contributed by atoms with E-state index in [9.17, 15) is 5.11 Å². The third-order valence-electron chi connectivity index (χ3n) is 2.53. The molecule has 82 valence electrons. The molecule has 0 radical (unpaired) electrons. The monoisotopic (exact) mass is 213 g/mol. The maximum atomic E-state index is 10.3. The van der Waals surface area contributed by atoms with Gasteiger partial charge in [0.15, 0.2) is 0 Å². The standard InChI is InChI=1S/C14H15NO/c1-3-4-5-9-14(2,16)13-8-6-7-12(10-13)11-15/h6-8,10,16H,5,9H2,1-2H3. The van der Waals surface area contributed by atoms with E-state index in [1.165, 1.54) is 0 Å². The van der Waals surface area contributed by atoms with Crippen LogP contribution in [0.3, 0.4) is 0 Å². The van der Waals surface area contributed by atoms with Crippen molar-refractivity contribution in [3.63, 3.8) is 0 Å². The largest absolute Gasteiger partial charge is 0.385 e. The molecule has 0 aromatic heterocycles. The lowest BCUT2D eigenvalue weighted by molar-refractivity contribution is 0.0493. The van der Waals surface area contributed by atoms with Crippen molar-refractivity contribution in [1.82, 2.24) is 0 Å². The number of hydrogen-bond acceptors (Lipinski definition) is 2. The van der Waals surface area contributed by atoms with Gasteiger partial charge < -0.3 is 5.11 Å². The van der Waals surface area contributed by atoms with Gasteiger partial charge in [-0.3, -0.25) is 0 Å². The van der Waals surface area contributed by atoms with E-state index >= 15 is 0 Å². The van der Waals surface area contributed by atoms with Crippen LogP contribution in [-0.4, -0.2) is 5.11 Å². The fraction of sp³-hybridized carbons (Fsp3) is 0.357. The molecular weight excluding hydrogens is 198 g/mol. The Morgan fingerprint density at radius 1 is 1.44 bits per heavy atom. The van der Waals surface area contributed by atoms with Crippen LogP contribution in [0.25, 0.3) is 0 Å². The molecule has 2 nitrogen and oxygen atoms in total. The van der Waals surface area contributed by atoms with Gasteiger partial charge in [0.2, 0.25) is 0 Å². The molecule has 0 aliphatic heterocycles. The van der Waals surface area contributed by atoms with Crippen molar-refractivity contribution in [2.45, 2.75) is 32.3 Å². The highest BCUT2D eigenvalue weighted by Crippen LogP contribution is 2.26. The minimum Gasteiger partial charge on any atom is -0.385 e. The van der Waals surface area contributed by atoms with E-state index in [0.29, 0.717) is 18.4 Å². The number of benzene rings is 1. The highest BCUT2D eigenvalue weighted by Gasteiger charge is 2.22. The Morgan fingerprint density at radius 2 is 2.19 bits per heavy atom. The first kappa shape index (κ1) is 12.3. The van der Waals surface area contributed by atoms with Crippen LogP contribution in [0.1, 0.15) is 37.8 Å². The average molecular weight is 213 g/mol. The molecule has 1 atom stereocenters. The summed E-state index contributed by atoms with van der Waals surface area (Å²) in [6, 6.07) is 9.14. The van der Waals surface area contributed by atoms with Crippen LogP contribution in [0.15, 0.2) is 24.3 Å². The van der Waals surface area contributed by atoms with Gasteiger partial charge in [-0.1, -0.05) is 12.1 Å². The predicted octanol–water partition coefficient (Wildman–Crippen LogP) is 2.57. The molecule has 0 aliphatic carbocycles. The highest BCUT2D eigenvalue weighted by molar-refractivity contribution is 5.35. The van der Waals surface area contributed by atoms with Crippen LogP contribution in [0.2, 0.25) is 0 Å². The second-order valence-corrected chi connectivity index (χ2v) is 3.89. The van der Waals surface area contributed by atoms with E-state index in [-0.39, 0.29) is 0 Å². The van der Waals surface area contributed by atoms with Crippen LogP contribution in [0.4, 0.5) is 0 Å². The van der Waals surface area contributed by atoms with E-state index in [2.05, 4.69) is 17.9 Å². The molecule has 2 heteroatoms. The van der Waals surface area contributed by atoms with Crippen molar-refractivity contribution in [2.24, 2.45) is 0 Å². The Balaban J connectivity index is 2.87. The zero-order valence-corrected chi connectivity index (χ0v) is 9.62. The number of nitrogens with zero attached hydrogens (tertiary/aromatic N) is 1. The second kappa shape index (κ2) is 5.35. The smallest absolute Gasteiger partial charge is 0.0991 e. The summed E-state index contributed by atoms with van der Waals surface area (Å²) >= 11 is 0. The lowest BCUT2D eigenvalue weighted by Gasteiger charge is -2.22. The van der Waals surface area contributed by atoms with E-state index in [1.807, 2.05) is 6.07 Å². The number of hydrogen-bond donors (Lipinski definition) is 1. The molecule has 0 amide bonds. The summed E-state index contributed by atoms with van der Waals surface area (Å²) in [6.07, 6.45) is 1.23. The van der Waals surface area contributed by atoms with Crippen molar-refractivity contribution < 1.29 is 5.11 Å². The molecule has 1 aromatic carbocycles. The van der Waals surface area contributed by atoms with Crippen molar-refractivity contribution in [1.29, 1.82) is 5.26 Å². The van der Waals surface area contributed by atoms with Gasteiger partial charge in [0.05, 0.1) is 17.2 Å². The summed E-state index contributed by atoms with van der Waals surface area (Å²) in [4.78, 5) is 0. The van der Waals surface area contributed by atoms with Crippen LogP contribution < -0.4 is 0 Å².